The van der Waals surface area contributed by atoms with Crippen LogP contribution in [0.2, 0.25) is 0 Å². The predicted molar refractivity (Wildman–Crippen MR) is 112 cm³/mol. The number of hydrogen-bond acceptors (Lipinski definition) is 4. The molecule has 4 rings (SSSR count). The molecule has 28 heavy (non-hydrogen) atoms. The van der Waals surface area contributed by atoms with Crippen molar-refractivity contribution in [2.75, 3.05) is 40.3 Å². The van der Waals surface area contributed by atoms with Crippen molar-refractivity contribution >= 4 is 5.91 Å². The Morgan fingerprint density at radius 1 is 1.00 bits per heavy atom. The molecule has 2 aromatic rings. The van der Waals surface area contributed by atoms with Crippen LogP contribution in [0.5, 0.6) is 0 Å². The van der Waals surface area contributed by atoms with E-state index in [4.69, 9.17) is 0 Å². The summed E-state index contributed by atoms with van der Waals surface area (Å²) in [5, 5.41) is 0. The third-order valence-corrected chi connectivity index (χ3v) is 6.08. The molecule has 0 bridgehead atoms. The van der Waals surface area contributed by atoms with Gasteiger partial charge in [-0.15, -0.1) is 0 Å². The molecule has 0 unspecified atom stereocenters. The molecular weight excluding hydrogens is 348 g/mol. The molecule has 1 aromatic heterocycles. The smallest absolute Gasteiger partial charge is 0.253 e. The van der Waals surface area contributed by atoms with Crippen LogP contribution in [0.1, 0.15) is 35.3 Å². The van der Waals surface area contributed by atoms with Crippen LogP contribution < -0.4 is 0 Å². The number of carbonyl (C=O) groups is 1. The maximum atomic E-state index is 12.0. The molecule has 1 aromatic carbocycles. The second-order valence-electron chi connectivity index (χ2n) is 8.21. The SMILES string of the molecule is CN(C)C(=O)c1ccc(-c2ccc(CN3CCN(C4CCC4)CC3)nc2)cc1. The number of pyridine rings is 1. The average Bonchev–Trinajstić information content (AvgIpc) is 2.68. The van der Waals surface area contributed by atoms with Gasteiger partial charge in [0.15, 0.2) is 0 Å². The second-order valence-corrected chi connectivity index (χ2v) is 8.21. The summed E-state index contributed by atoms with van der Waals surface area (Å²) in [6, 6.07) is 12.9. The molecule has 5 heteroatoms. The summed E-state index contributed by atoms with van der Waals surface area (Å²) < 4.78 is 0. The Bertz CT molecular complexity index is 788. The highest BCUT2D eigenvalue weighted by atomic mass is 16.2. The fourth-order valence-corrected chi connectivity index (χ4v) is 4.02. The van der Waals surface area contributed by atoms with E-state index in [2.05, 4.69) is 26.9 Å². The first kappa shape index (κ1) is 19.1. The van der Waals surface area contributed by atoms with E-state index in [1.807, 2.05) is 30.5 Å². The van der Waals surface area contributed by atoms with E-state index < -0.39 is 0 Å². The summed E-state index contributed by atoms with van der Waals surface area (Å²) >= 11 is 0. The highest BCUT2D eigenvalue weighted by molar-refractivity contribution is 5.94. The van der Waals surface area contributed by atoms with E-state index in [0.717, 1.165) is 42.5 Å². The number of benzene rings is 1. The zero-order valence-corrected chi connectivity index (χ0v) is 17.0. The van der Waals surface area contributed by atoms with E-state index in [0.29, 0.717) is 5.56 Å². The van der Waals surface area contributed by atoms with E-state index in [9.17, 15) is 4.79 Å². The molecule has 1 saturated carbocycles. The molecule has 148 valence electrons. The minimum absolute atomic E-state index is 0.0254. The molecule has 1 amide bonds. The fraction of sp³-hybridized carbons (Fsp3) is 0.478. The summed E-state index contributed by atoms with van der Waals surface area (Å²) in [5.41, 5.74) is 4.01. The third kappa shape index (κ3) is 4.26. The molecule has 1 aliphatic carbocycles. The van der Waals surface area contributed by atoms with E-state index in [1.54, 1.807) is 19.0 Å². The van der Waals surface area contributed by atoms with Gasteiger partial charge in [-0.2, -0.15) is 0 Å². The number of hydrogen-bond donors (Lipinski definition) is 0. The van der Waals surface area contributed by atoms with Crippen molar-refractivity contribution in [3.8, 4) is 11.1 Å². The van der Waals surface area contributed by atoms with E-state index >= 15 is 0 Å². The van der Waals surface area contributed by atoms with Crippen LogP contribution in [0.25, 0.3) is 11.1 Å². The van der Waals surface area contributed by atoms with Gasteiger partial charge in [0.25, 0.3) is 5.91 Å². The molecule has 2 aliphatic rings. The largest absolute Gasteiger partial charge is 0.345 e. The van der Waals surface area contributed by atoms with Crippen LogP contribution in [-0.2, 0) is 6.54 Å². The Hall–Kier alpha value is -2.24. The van der Waals surface area contributed by atoms with Crippen molar-refractivity contribution in [2.24, 2.45) is 0 Å². The van der Waals surface area contributed by atoms with Crippen molar-refractivity contribution in [2.45, 2.75) is 31.8 Å². The molecule has 0 N–H and O–H groups in total. The minimum Gasteiger partial charge on any atom is -0.345 e. The quantitative estimate of drug-likeness (QED) is 0.801. The number of piperazine rings is 1. The first-order chi connectivity index (χ1) is 13.6. The molecule has 0 radical (unpaired) electrons. The van der Waals surface area contributed by atoms with Gasteiger partial charge in [0.2, 0.25) is 0 Å². The second kappa shape index (κ2) is 8.41. The highest BCUT2D eigenvalue weighted by Gasteiger charge is 2.27. The summed E-state index contributed by atoms with van der Waals surface area (Å²) in [6.45, 7) is 5.60. The van der Waals surface area contributed by atoms with Crippen LogP contribution in [-0.4, -0.2) is 71.9 Å². The topological polar surface area (TPSA) is 39.7 Å². The standard InChI is InChI=1S/C23H30N4O/c1-25(2)23(28)19-8-6-18(7-9-19)20-10-11-21(24-16-20)17-26-12-14-27(15-13-26)22-4-3-5-22/h6-11,16,22H,3-5,12-15,17H2,1-2H3. The zero-order valence-electron chi connectivity index (χ0n) is 17.0. The van der Waals surface area contributed by atoms with E-state index in [1.165, 1.54) is 32.4 Å². The normalized spacial score (nSPS) is 18.6. The number of amides is 1. The monoisotopic (exact) mass is 378 g/mol. The van der Waals surface area contributed by atoms with Gasteiger partial charge in [-0.05, 0) is 36.6 Å². The van der Waals surface area contributed by atoms with Crippen LogP contribution in [0.15, 0.2) is 42.6 Å². The van der Waals surface area contributed by atoms with Crippen molar-refractivity contribution in [1.82, 2.24) is 19.7 Å². The fourth-order valence-electron chi connectivity index (χ4n) is 4.02. The van der Waals surface area contributed by atoms with E-state index in [-0.39, 0.29) is 5.91 Å². The Balaban J connectivity index is 1.33. The summed E-state index contributed by atoms with van der Waals surface area (Å²) in [7, 11) is 3.54. The molecule has 5 nitrogen and oxygen atoms in total. The van der Waals surface area contributed by atoms with Gasteiger partial charge in [0.1, 0.15) is 0 Å². The first-order valence-electron chi connectivity index (χ1n) is 10.3. The van der Waals surface area contributed by atoms with Gasteiger partial charge in [0.05, 0.1) is 5.69 Å². The molecule has 1 saturated heterocycles. The van der Waals surface area contributed by atoms with Gasteiger partial charge in [-0.3, -0.25) is 19.6 Å². The number of nitrogens with zero attached hydrogens (tertiary/aromatic N) is 4. The highest BCUT2D eigenvalue weighted by Crippen LogP contribution is 2.26. The van der Waals surface area contributed by atoms with Gasteiger partial charge in [0, 0.05) is 70.2 Å². The predicted octanol–water partition coefficient (Wildman–Crippen LogP) is 3.12. The van der Waals surface area contributed by atoms with Crippen molar-refractivity contribution in [3.63, 3.8) is 0 Å². The van der Waals surface area contributed by atoms with Gasteiger partial charge < -0.3 is 4.90 Å². The average molecular weight is 379 g/mol. The first-order valence-corrected chi connectivity index (χ1v) is 10.3. The number of aromatic nitrogens is 1. The maximum Gasteiger partial charge on any atom is 0.253 e. The number of rotatable bonds is 5. The summed E-state index contributed by atoms with van der Waals surface area (Å²) in [4.78, 5) is 23.5. The van der Waals surface area contributed by atoms with Crippen molar-refractivity contribution < 1.29 is 4.79 Å². The Morgan fingerprint density at radius 2 is 1.68 bits per heavy atom. The Morgan fingerprint density at radius 3 is 2.21 bits per heavy atom. The van der Waals surface area contributed by atoms with Crippen LogP contribution >= 0.6 is 0 Å². The van der Waals surface area contributed by atoms with Crippen molar-refractivity contribution in [1.29, 1.82) is 0 Å². The molecule has 2 fully saturated rings. The van der Waals surface area contributed by atoms with Crippen LogP contribution in [0.4, 0.5) is 0 Å². The lowest BCUT2D eigenvalue weighted by Crippen LogP contribution is -2.51. The molecule has 0 atom stereocenters. The molecular formula is C23H30N4O. The van der Waals surface area contributed by atoms with Gasteiger partial charge >= 0.3 is 0 Å². The molecule has 1 aliphatic heterocycles. The Kier molecular flexibility index (Phi) is 5.74. The molecule has 2 heterocycles. The van der Waals surface area contributed by atoms with Crippen LogP contribution in [0.3, 0.4) is 0 Å². The van der Waals surface area contributed by atoms with Gasteiger partial charge in [-0.1, -0.05) is 24.6 Å². The van der Waals surface area contributed by atoms with Crippen LogP contribution in [0, 0.1) is 0 Å². The number of carbonyl (C=O) groups excluding carboxylic acids is 1. The molecule has 0 spiro atoms. The summed E-state index contributed by atoms with van der Waals surface area (Å²) in [5.74, 6) is 0.0254. The Labute approximate surface area is 168 Å². The lowest BCUT2D eigenvalue weighted by atomic mass is 9.91. The van der Waals surface area contributed by atoms with Gasteiger partial charge in [-0.25, -0.2) is 0 Å². The maximum absolute atomic E-state index is 12.0. The van der Waals surface area contributed by atoms with Crippen molar-refractivity contribution in [3.05, 3.63) is 53.9 Å². The lowest BCUT2D eigenvalue weighted by Gasteiger charge is -2.42. The minimum atomic E-state index is 0.0254. The lowest BCUT2D eigenvalue weighted by molar-refractivity contribution is 0.0583. The zero-order chi connectivity index (χ0) is 19.5. The third-order valence-electron chi connectivity index (χ3n) is 6.08. The summed E-state index contributed by atoms with van der Waals surface area (Å²) in [6.07, 6.45) is 6.15.